The second-order valence-corrected chi connectivity index (χ2v) is 3.96. The number of nitrogens with two attached hydrogens (primary N) is 1. The van der Waals surface area contributed by atoms with Crippen molar-refractivity contribution in [1.29, 1.82) is 0 Å². The zero-order valence-corrected chi connectivity index (χ0v) is 9.57. The average molecular weight is 264 g/mol. The van der Waals surface area contributed by atoms with E-state index in [-0.39, 0.29) is 0 Å². The molecule has 2 rings (SSSR count). The van der Waals surface area contributed by atoms with Gasteiger partial charge in [-0.15, -0.1) is 0 Å². The second kappa shape index (κ2) is 4.36. The number of halogens is 1. The number of hydrogen-bond acceptors (Lipinski definition) is 2. The Balaban J connectivity index is 2.26. The summed E-state index contributed by atoms with van der Waals surface area (Å²) in [5.41, 5.74) is 6.35. The predicted octanol–water partition coefficient (Wildman–Crippen LogP) is 3.82. The van der Waals surface area contributed by atoms with E-state index in [1.807, 2.05) is 42.5 Å². The van der Waals surface area contributed by atoms with Crippen molar-refractivity contribution >= 4 is 21.6 Å². The lowest BCUT2D eigenvalue weighted by molar-refractivity contribution is 0.480. The van der Waals surface area contributed by atoms with Gasteiger partial charge in [-0.2, -0.15) is 0 Å². The van der Waals surface area contributed by atoms with Crippen molar-refractivity contribution in [1.82, 2.24) is 0 Å². The summed E-state index contributed by atoms with van der Waals surface area (Å²) >= 11 is 3.42. The minimum Gasteiger partial charge on any atom is -0.456 e. The molecule has 0 saturated carbocycles. The molecule has 15 heavy (non-hydrogen) atoms. The molecular weight excluding hydrogens is 254 g/mol. The molecule has 0 fully saturated rings. The average Bonchev–Trinajstić information content (AvgIpc) is 2.22. The number of hydrogen-bond donors (Lipinski definition) is 1. The van der Waals surface area contributed by atoms with E-state index < -0.39 is 0 Å². The predicted molar refractivity (Wildman–Crippen MR) is 65.1 cm³/mol. The van der Waals surface area contributed by atoms with Gasteiger partial charge in [-0.3, -0.25) is 0 Å². The number of rotatable bonds is 2. The first-order valence-electron chi connectivity index (χ1n) is 4.53. The first kappa shape index (κ1) is 10.1. The highest BCUT2D eigenvalue weighted by molar-refractivity contribution is 9.10. The van der Waals surface area contributed by atoms with Crippen LogP contribution in [-0.4, -0.2) is 0 Å². The Hall–Kier alpha value is -1.48. The van der Waals surface area contributed by atoms with Gasteiger partial charge in [0.1, 0.15) is 11.5 Å². The van der Waals surface area contributed by atoms with Gasteiger partial charge in [0, 0.05) is 11.8 Å². The van der Waals surface area contributed by atoms with E-state index in [1.54, 1.807) is 6.07 Å². The largest absolute Gasteiger partial charge is 0.456 e. The Kier molecular flexibility index (Phi) is 2.92. The Bertz CT molecular complexity index is 471. The van der Waals surface area contributed by atoms with Crippen LogP contribution in [0, 0.1) is 0 Å². The van der Waals surface area contributed by atoms with Gasteiger partial charge in [-0.25, -0.2) is 0 Å². The molecule has 0 heterocycles. The molecule has 0 radical (unpaired) electrons. The smallest absolute Gasteiger partial charge is 0.141 e. The van der Waals surface area contributed by atoms with E-state index in [0.717, 1.165) is 16.0 Å². The van der Waals surface area contributed by atoms with Crippen LogP contribution >= 0.6 is 15.9 Å². The van der Waals surface area contributed by atoms with Gasteiger partial charge >= 0.3 is 0 Å². The maximum absolute atomic E-state index is 5.66. The zero-order chi connectivity index (χ0) is 10.7. The van der Waals surface area contributed by atoms with Crippen LogP contribution in [0.25, 0.3) is 0 Å². The van der Waals surface area contributed by atoms with Gasteiger partial charge in [0.2, 0.25) is 0 Å². The molecule has 0 aliphatic carbocycles. The van der Waals surface area contributed by atoms with Crippen molar-refractivity contribution in [3.05, 3.63) is 53.0 Å². The summed E-state index contributed by atoms with van der Waals surface area (Å²) in [5.74, 6) is 1.52. The van der Waals surface area contributed by atoms with E-state index in [2.05, 4.69) is 15.9 Å². The third-order valence-corrected chi connectivity index (χ3v) is 2.58. The molecule has 0 aliphatic heterocycles. The normalized spacial score (nSPS) is 9.93. The lowest BCUT2D eigenvalue weighted by Crippen LogP contribution is -1.88. The Morgan fingerprint density at radius 2 is 1.80 bits per heavy atom. The minimum absolute atomic E-state index is 0.694. The number of anilines is 1. The van der Waals surface area contributed by atoms with Crippen molar-refractivity contribution < 1.29 is 4.74 Å². The molecule has 0 aliphatic rings. The number of nitrogen functional groups attached to an aromatic ring is 1. The third kappa shape index (κ3) is 2.50. The van der Waals surface area contributed by atoms with Gasteiger partial charge in [0.05, 0.1) is 4.47 Å². The van der Waals surface area contributed by atoms with Crippen molar-refractivity contribution in [3.63, 3.8) is 0 Å². The Labute approximate surface area is 96.8 Å². The monoisotopic (exact) mass is 263 g/mol. The van der Waals surface area contributed by atoms with Crippen LogP contribution in [0.5, 0.6) is 11.5 Å². The molecule has 0 amide bonds. The molecule has 76 valence electrons. The molecule has 0 saturated heterocycles. The van der Waals surface area contributed by atoms with Gasteiger partial charge in [0.15, 0.2) is 0 Å². The molecule has 2 N–H and O–H groups in total. The van der Waals surface area contributed by atoms with Crippen LogP contribution < -0.4 is 10.5 Å². The lowest BCUT2D eigenvalue weighted by atomic mass is 10.3. The van der Waals surface area contributed by atoms with E-state index in [4.69, 9.17) is 10.5 Å². The van der Waals surface area contributed by atoms with Crippen LogP contribution in [-0.2, 0) is 0 Å². The summed E-state index contributed by atoms with van der Waals surface area (Å²) in [5, 5.41) is 0. The van der Waals surface area contributed by atoms with Crippen LogP contribution in [0.15, 0.2) is 53.0 Å². The maximum atomic E-state index is 5.66. The first-order chi connectivity index (χ1) is 7.25. The number of benzene rings is 2. The van der Waals surface area contributed by atoms with Crippen molar-refractivity contribution in [2.75, 3.05) is 5.73 Å². The summed E-state index contributed by atoms with van der Waals surface area (Å²) < 4.78 is 6.59. The summed E-state index contributed by atoms with van der Waals surface area (Å²) in [7, 11) is 0. The summed E-state index contributed by atoms with van der Waals surface area (Å²) in [6.45, 7) is 0. The SMILES string of the molecule is Nc1cccc(Oc2ccccc2Br)c1. The highest BCUT2D eigenvalue weighted by Gasteiger charge is 2.00. The van der Waals surface area contributed by atoms with Gasteiger partial charge in [-0.05, 0) is 40.2 Å². The summed E-state index contributed by atoms with van der Waals surface area (Å²) in [6.07, 6.45) is 0. The van der Waals surface area contributed by atoms with Crippen molar-refractivity contribution in [2.45, 2.75) is 0 Å². The molecule has 2 aromatic rings. The fourth-order valence-electron chi connectivity index (χ4n) is 1.23. The zero-order valence-electron chi connectivity index (χ0n) is 7.98. The molecule has 0 unspecified atom stereocenters. The standard InChI is InChI=1S/C12H10BrNO/c13-11-6-1-2-7-12(11)15-10-5-3-4-9(14)8-10/h1-8H,14H2. The molecule has 0 atom stereocenters. The highest BCUT2D eigenvalue weighted by Crippen LogP contribution is 2.29. The first-order valence-corrected chi connectivity index (χ1v) is 5.33. The molecule has 2 aromatic carbocycles. The molecule has 2 nitrogen and oxygen atoms in total. The van der Waals surface area contributed by atoms with Crippen molar-refractivity contribution in [3.8, 4) is 11.5 Å². The van der Waals surface area contributed by atoms with Crippen LogP contribution in [0.4, 0.5) is 5.69 Å². The highest BCUT2D eigenvalue weighted by atomic mass is 79.9. The topological polar surface area (TPSA) is 35.2 Å². The van der Waals surface area contributed by atoms with Crippen LogP contribution in [0.1, 0.15) is 0 Å². The summed E-state index contributed by atoms with van der Waals surface area (Å²) in [4.78, 5) is 0. The van der Waals surface area contributed by atoms with Gasteiger partial charge in [0.25, 0.3) is 0 Å². The van der Waals surface area contributed by atoms with E-state index in [9.17, 15) is 0 Å². The molecular formula is C12H10BrNO. The number of para-hydroxylation sites is 1. The van der Waals surface area contributed by atoms with Gasteiger partial charge < -0.3 is 10.5 Å². The molecule has 3 heteroatoms. The van der Waals surface area contributed by atoms with Crippen LogP contribution in [0.2, 0.25) is 0 Å². The fraction of sp³-hybridized carbons (Fsp3) is 0. The fourth-order valence-corrected chi connectivity index (χ4v) is 1.60. The third-order valence-electron chi connectivity index (χ3n) is 1.92. The molecule has 0 bridgehead atoms. The quantitative estimate of drug-likeness (QED) is 0.837. The van der Waals surface area contributed by atoms with Crippen molar-refractivity contribution in [2.24, 2.45) is 0 Å². The molecule has 0 aromatic heterocycles. The Morgan fingerprint density at radius 3 is 2.53 bits per heavy atom. The molecule has 0 spiro atoms. The lowest BCUT2D eigenvalue weighted by Gasteiger charge is -2.07. The minimum atomic E-state index is 0.694. The van der Waals surface area contributed by atoms with Gasteiger partial charge in [-0.1, -0.05) is 18.2 Å². The van der Waals surface area contributed by atoms with E-state index in [1.165, 1.54) is 0 Å². The number of ether oxygens (including phenoxy) is 1. The van der Waals surface area contributed by atoms with E-state index in [0.29, 0.717) is 5.69 Å². The second-order valence-electron chi connectivity index (χ2n) is 3.10. The van der Waals surface area contributed by atoms with Crippen LogP contribution in [0.3, 0.4) is 0 Å². The maximum Gasteiger partial charge on any atom is 0.141 e. The van der Waals surface area contributed by atoms with E-state index >= 15 is 0 Å². The summed E-state index contributed by atoms with van der Waals surface area (Å²) in [6, 6.07) is 15.0. The Morgan fingerprint density at radius 1 is 1.00 bits per heavy atom.